The second-order valence-corrected chi connectivity index (χ2v) is 12.1. The summed E-state index contributed by atoms with van der Waals surface area (Å²) >= 11 is 0. The Morgan fingerprint density at radius 1 is 0.771 bits per heavy atom. The Kier molecular flexibility index (Phi) is 6.86. The summed E-state index contributed by atoms with van der Waals surface area (Å²) in [6.45, 7) is 1.41. The highest BCUT2D eigenvalue weighted by Gasteiger charge is 2.48. The van der Waals surface area contributed by atoms with Crippen LogP contribution in [0.4, 0.5) is 0 Å². The largest absolute Gasteiger partial charge is 0.860 e. The van der Waals surface area contributed by atoms with Gasteiger partial charge >= 0.3 is 5.69 Å². The molecular formula is C28H27N2O4P. The van der Waals surface area contributed by atoms with Gasteiger partial charge in [0.25, 0.3) is 5.56 Å². The summed E-state index contributed by atoms with van der Waals surface area (Å²) in [7, 11) is 0.158. The van der Waals surface area contributed by atoms with Crippen molar-refractivity contribution >= 4 is 29.0 Å². The number of carbonyl (C=O) groups excluding carboxylic acids is 1. The number of hydrogen-bond donors (Lipinski definition) is 0. The molecule has 1 aromatic heterocycles. The molecule has 0 saturated carbocycles. The third kappa shape index (κ3) is 4.26. The number of ketones is 1. The summed E-state index contributed by atoms with van der Waals surface area (Å²) in [4.78, 5) is 38.7. The van der Waals surface area contributed by atoms with Gasteiger partial charge in [-0.1, -0.05) is 54.6 Å². The van der Waals surface area contributed by atoms with E-state index in [-0.39, 0.29) is 17.5 Å². The molecule has 0 radical (unpaired) electrons. The SMILES string of the molecule is CC(=O)C(C[P+](c1ccccc1)(c1ccccc1)c1ccccc1)c1c([O-])n(C)c(=O)n(C)c1=O. The van der Waals surface area contributed by atoms with Gasteiger partial charge in [0.1, 0.15) is 29.0 Å². The maximum absolute atomic E-state index is 13.2. The fourth-order valence-electron chi connectivity index (χ4n) is 4.66. The van der Waals surface area contributed by atoms with Crippen LogP contribution < -0.4 is 32.3 Å². The number of rotatable bonds is 7. The summed E-state index contributed by atoms with van der Waals surface area (Å²) in [5.41, 5.74) is -1.58. The van der Waals surface area contributed by atoms with E-state index in [9.17, 15) is 19.5 Å². The molecule has 0 fully saturated rings. The number of aromatic nitrogens is 2. The van der Waals surface area contributed by atoms with E-state index in [0.717, 1.165) is 25.0 Å². The average Bonchev–Trinajstić information content (AvgIpc) is 2.90. The van der Waals surface area contributed by atoms with Crippen molar-refractivity contribution in [3.05, 3.63) is 117 Å². The highest BCUT2D eigenvalue weighted by Crippen LogP contribution is 2.58. The van der Waals surface area contributed by atoms with Gasteiger partial charge in [0.2, 0.25) is 0 Å². The van der Waals surface area contributed by atoms with Gasteiger partial charge in [0.15, 0.2) is 0 Å². The molecule has 1 unspecified atom stereocenters. The fourth-order valence-corrected chi connectivity index (χ4v) is 9.22. The van der Waals surface area contributed by atoms with E-state index in [2.05, 4.69) is 0 Å². The average molecular weight is 487 g/mol. The van der Waals surface area contributed by atoms with E-state index in [1.807, 2.05) is 91.0 Å². The number of carbonyl (C=O) groups is 1. The lowest BCUT2D eigenvalue weighted by molar-refractivity contribution is -0.281. The normalized spacial score (nSPS) is 12.3. The van der Waals surface area contributed by atoms with Crippen molar-refractivity contribution in [3.63, 3.8) is 0 Å². The molecule has 0 bridgehead atoms. The third-order valence-electron chi connectivity index (χ3n) is 6.53. The quantitative estimate of drug-likeness (QED) is 0.373. The highest BCUT2D eigenvalue weighted by molar-refractivity contribution is 7.95. The Morgan fingerprint density at radius 2 is 1.17 bits per heavy atom. The second-order valence-electron chi connectivity index (χ2n) is 8.59. The molecule has 0 aliphatic heterocycles. The lowest BCUT2D eigenvalue weighted by Crippen LogP contribution is -2.43. The van der Waals surface area contributed by atoms with Crippen LogP contribution in [0.1, 0.15) is 18.4 Å². The van der Waals surface area contributed by atoms with E-state index in [4.69, 9.17) is 0 Å². The van der Waals surface area contributed by atoms with Crippen molar-refractivity contribution in [2.45, 2.75) is 12.8 Å². The van der Waals surface area contributed by atoms with Crippen LogP contribution in [-0.4, -0.2) is 21.1 Å². The van der Waals surface area contributed by atoms with Gasteiger partial charge < -0.3 is 9.67 Å². The number of Topliss-reactive ketones (excluding diaryl/α,β-unsaturated/α-hetero) is 1. The minimum atomic E-state index is -2.51. The van der Waals surface area contributed by atoms with Crippen molar-refractivity contribution in [3.8, 4) is 5.88 Å². The van der Waals surface area contributed by atoms with Crippen LogP contribution in [0, 0.1) is 0 Å². The van der Waals surface area contributed by atoms with E-state index in [0.29, 0.717) is 0 Å². The van der Waals surface area contributed by atoms with Gasteiger partial charge in [-0.25, -0.2) is 4.79 Å². The molecule has 4 rings (SSSR count). The van der Waals surface area contributed by atoms with E-state index in [1.54, 1.807) is 0 Å². The smallest absolute Gasteiger partial charge is 0.329 e. The Hall–Kier alpha value is -3.76. The van der Waals surface area contributed by atoms with Crippen molar-refractivity contribution in [2.24, 2.45) is 14.1 Å². The predicted molar refractivity (Wildman–Crippen MR) is 140 cm³/mol. The molecule has 0 saturated heterocycles. The monoisotopic (exact) mass is 486 g/mol. The summed E-state index contributed by atoms with van der Waals surface area (Å²) in [6.07, 6.45) is 0.253. The Bertz CT molecular complexity index is 1370. The molecule has 178 valence electrons. The van der Waals surface area contributed by atoms with Gasteiger partial charge in [0, 0.05) is 19.7 Å². The Morgan fingerprint density at radius 3 is 1.54 bits per heavy atom. The molecule has 35 heavy (non-hydrogen) atoms. The Labute approximate surface area is 204 Å². The van der Waals surface area contributed by atoms with Crippen LogP contribution in [-0.2, 0) is 18.9 Å². The molecule has 0 amide bonds. The Balaban J connectivity index is 2.07. The number of hydrogen-bond acceptors (Lipinski definition) is 4. The molecule has 7 heteroatoms. The molecule has 0 spiro atoms. The van der Waals surface area contributed by atoms with Crippen LogP contribution in [0.15, 0.2) is 101 Å². The van der Waals surface area contributed by atoms with Crippen LogP contribution in [0.5, 0.6) is 5.88 Å². The van der Waals surface area contributed by atoms with E-state index in [1.165, 1.54) is 21.0 Å². The molecule has 0 aliphatic rings. The molecule has 6 nitrogen and oxygen atoms in total. The lowest BCUT2D eigenvalue weighted by Gasteiger charge is -2.32. The summed E-state index contributed by atoms with van der Waals surface area (Å²) in [5, 5.41) is 16.3. The molecule has 1 atom stereocenters. The first-order valence-corrected chi connectivity index (χ1v) is 13.3. The van der Waals surface area contributed by atoms with Crippen LogP contribution in [0.25, 0.3) is 0 Å². The first kappa shape index (κ1) is 24.4. The number of benzene rings is 3. The first-order chi connectivity index (χ1) is 16.8. The van der Waals surface area contributed by atoms with Gasteiger partial charge in [-0.15, -0.1) is 0 Å². The van der Waals surface area contributed by atoms with Gasteiger partial charge in [-0.05, 0) is 49.2 Å². The van der Waals surface area contributed by atoms with Gasteiger partial charge in [-0.2, -0.15) is 0 Å². The second kappa shape index (κ2) is 9.85. The van der Waals surface area contributed by atoms with Gasteiger partial charge in [-0.3, -0.25) is 14.2 Å². The third-order valence-corrected chi connectivity index (χ3v) is 11.0. The fraction of sp³-hybridized carbons (Fsp3) is 0.179. The van der Waals surface area contributed by atoms with Gasteiger partial charge in [0.05, 0.1) is 12.1 Å². The maximum Gasteiger partial charge on any atom is 0.329 e. The first-order valence-electron chi connectivity index (χ1n) is 11.3. The number of nitrogens with zero attached hydrogens (tertiary/aromatic N) is 2. The summed E-state index contributed by atoms with van der Waals surface area (Å²) < 4.78 is 1.81. The van der Waals surface area contributed by atoms with Crippen molar-refractivity contribution in [1.29, 1.82) is 0 Å². The van der Waals surface area contributed by atoms with Crippen molar-refractivity contribution in [1.82, 2.24) is 9.13 Å². The van der Waals surface area contributed by atoms with Crippen LogP contribution in [0.3, 0.4) is 0 Å². The standard InChI is InChI=1S/C28H27N2O4P/c1-20(31)24(25-26(32)29(2)28(34)30(3)27(25)33)19-35(21-13-7-4-8-14-21,22-15-9-5-10-16-22)23-17-11-6-12-18-23/h4-18,24H,19H2,1-3H3. The van der Waals surface area contributed by atoms with E-state index < -0.39 is 30.3 Å². The maximum atomic E-state index is 13.2. The molecule has 3 aromatic carbocycles. The van der Waals surface area contributed by atoms with Crippen LogP contribution >= 0.6 is 7.26 Å². The van der Waals surface area contributed by atoms with Crippen molar-refractivity contribution in [2.75, 3.05) is 6.16 Å². The summed E-state index contributed by atoms with van der Waals surface area (Å²) in [6, 6.07) is 29.8. The van der Waals surface area contributed by atoms with Crippen molar-refractivity contribution < 1.29 is 9.90 Å². The zero-order valence-electron chi connectivity index (χ0n) is 19.9. The predicted octanol–water partition coefficient (Wildman–Crippen LogP) is 1.82. The summed E-state index contributed by atoms with van der Waals surface area (Å²) in [5.74, 6) is -1.99. The zero-order valence-corrected chi connectivity index (χ0v) is 20.8. The zero-order chi connectivity index (χ0) is 25.2. The van der Waals surface area contributed by atoms with E-state index >= 15 is 0 Å². The lowest BCUT2D eigenvalue weighted by atomic mass is 9.99. The molecule has 4 aromatic rings. The molecule has 1 heterocycles. The minimum Gasteiger partial charge on any atom is -0.860 e. The molecular weight excluding hydrogens is 459 g/mol. The van der Waals surface area contributed by atoms with Crippen LogP contribution in [0.2, 0.25) is 0 Å². The minimum absolute atomic E-state index is 0.158. The topological polar surface area (TPSA) is 84.1 Å². The molecule has 0 N–H and O–H groups in total. The highest BCUT2D eigenvalue weighted by atomic mass is 31.2. The molecule has 0 aliphatic carbocycles.